The zero-order chi connectivity index (χ0) is 23.1. The Morgan fingerprint density at radius 2 is 1.72 bits per heavy atom. The Morgan fingerprint density at radius 1 is 1.03 bits per heavy atom. The van der Waals surface area contributed by atoms with E-state index >= 15 is 0 Å². The summed E-state index contributed by atoms with van der Waals surface area (Å²) in [5.41, 5.74) is 0.169. The summed E-state index contributed by atoms with van der Waals surface area (Å²) >= 11 is 0. The summed E-state index contributed by atoms with van der Waals surface area (Å²) in [5.74, 6) is 0.0237. The number of rotatable bonds is 9. The van der Waals surface area contributed by atoms with Crippen molar-refractivity contribution in [2.45, 2.75) is 11.8 Å². The molecule has 0 aliphatic heterocycles. The number of hydrogen-bond acceptors (Lipinski definition) is 6. The number of nitrogens with zero attached hydrogens (tertiary/aromatic N) is 2. The van der Waals surface area contributed by atoms with Crippen LogP contribution in [0, 0.1) is 10.1 Å². The van der Waals surface area contributed by atoms with Gasteiger partial charge >= 0.3 is 0 Å². The number of nitrogens with one attached hydrogen (secondary N) is 1. The van der Waals surface area contributed by atoms with E-state index in [-0.39, 0.29) is 16.3 Å². The number of non-ortho nitro benzene ring substituents is 1. The number of sulfonamides is 1. The molecule has 166 valence electrons. The summed E-state index contributed by atoms with van der Waals surface area (Å²) in [6, 6.07) is 19.3. The lowest BCUT2D eigenvalue weighted by Gasteiger charge is -2.24. The topological polar surface area (TPSA) is 119 Å². The second kappa shape index (κ2) is 9.92. The molecule has 3 aromatic carbocycles. The average molecular weight is 455 g/mol. The monoisotopic (exact) mass is 455 g/mol. The van der Waals surface area contributed by atoms with Crippen molar-refractivity contribution < 1.29 is 22.9 Å². The second-order valence-corrected chi connectivity index (χ2v) is 8.47. The summed E-state index contributed by atoms with van der Waals surface area (Å²) in [4.78, 5) is 23.2. The second-order valence-electron chi connectivity index (χ2n) is 6.61. The van der Waals surface area contributed by atoms with E-state index in [2.05, 4.69) is 5.32 Å². The van der Waals surface area contributed by atoms with E-state index in [1.165, 1.54) is 30.3 Å². The van der Waals surface area contributed by atoms with Gasteiger partial charge in [0.05, 0.1) is 22.1 Å². The lowest BCUT2D eigenvalue weighted by molar-refractivity contribution is -0.384. The number of benzene rings is 3. The number of nitro benzene ring substituents is 1. The van der Waals surface area contributed by atoms with Gasteiger partial charge in [0.1, 0.15) is 12.3 Å². The maximum absolute atomic E-state index is 13.3. The molecule has 1 amide bonds. The van der Waals surface area contributed by atoms with Crippen molar-refractivity contribution in [2.24, 2.45) is 0 Å². The van der Waals surface area contributed by atoms with E-state index in [4.69, 9.17) is 4.74 Å². The molecule has 0 bridgehead atoms. The summed E-state index contributed by atoms with van der Waals surface area (Å²) < 4.78 is 32.8. The summed E-state index contributed by atoms with van der Waals surface area (Å²) in [6.45, 7) is 1.78. The minimum absolute atomic E-state index is 0.00453. The molecule has 0 atom stereocenters. The van der Waals surface area contributed by atoms with Crippen LogP contribution in [0.5, 0.6) is 5.75 Å². The highest BCUT2D eigenvalue weighted by atomic mass is 32.2. The van der Waals surface area contributed by atoms with Crippen LogP contribution < -0.4 is 14.4 Å². The fourth-order valence-corrected chi connectivity index (χ4v) is 4.36. The van der Waals surface area contributed by atoms with Gasteiger partial charge in [-0.05, 0) is 49.4 Å². The van der Waals surface area contributed by atoms with Gasteiger partial charge in [-0.2, -0.15) is 0 Å². The number of ether oxygens (including phenoxy) is 1. The van der Waals surface area contributed by atoms with E-state index in [9.17, 15) is 23.3 Å². The van der Waals surface area contributed by atoms with E-state index in [1.807, 2.05) is 6.92 Å². The molecule has 0 radical (unpaired) electrons. The highest BCUT2D eigenvalue weighted by molar-refractivity contribution is 7.92. The van der Waals surface area contributed by atoms with E-state index in [0.29, 0.717) is 18.0 Å². The molecule has 0 aromatic heterocycles. The molecule has 0 heterocycles. The Balaban J connectivity index is 1.91. The molecule has 9 nitrogen and oxygen atoms in total. The normalized spacial score (nSPS) is 10.9. The highest BCUT2D eigenvalue weighted by Crippen LogP contribution is 2.27. The largest absolute Gasteiger partial charge is 0.494 e. The van der Waals surface area contributed by atoms with Crippen molar-refractivity contribution in [3.05, 3.63) is 89.0 Å². The van der Waals surface area contributed by atoms with E-state index in [0.717, 1.165) is 10.4 Å². The molecule has 0 unspecified atom stereocenters. The lowest BCUT2D eigenvalue weighted by Crippen LogP contribution is -2.38. The van der Waals surface area contributed by atoms with Crippen molar-refractivity contribution in [3.8, 4) is 5.75 Å². The molecule has 10 heteroatoms. The fraction of sp³-hybridized carbons (Fsp3) is 0.136. The van der Waals surface area contributed by atoms with Crippen LogP contribution in [0.1, 0.15) is 6.92 Å². The predicted molar refractivity (Wildman–Crippen MR) is 120 cm³/mol. The maximum atomic E-state index is 13.3. The number of amides is 1. The van der Waals surface area contributed by atoms with E-state index < -0.39 is 27.4 Å². The Morgan fingerprint density at radius 3 is 2.34 bits per heavy atom. The molecule has 0 saturated carbocycles. The Labute approximate surface area is 185 Å². The van der Waals surface area contributed by atoms with Gasteiger partial charge in [0, 0.05) is 17.8 Å². The Kier molecular flexibility index (Phi) is 7.06. The number of carbonyl (C=O) groups is 1. The van der Waals surface area contributed by atoms with Crippen molar-refractivity contribution in [2.75, 3.05) is 22.8 Å². The maximum Gasteiger partial charge on any atom is 0.271 e. The lowest BCUT2D eigenvalue weighted by atomic mass is 10.2. The fourth-order valence-electron chi connectivity index (χ4n) is 2.93. The smallest absolute Gasteiger partial charge is 0.271 e. The molecule has 0 fully saturated rings. The number of hydrogen-bond donors (Lipinski definition) is 1. The van der Waals surface area contributed by atoms with Crippen molar-refractivity contribution in [1.82, 2.24) is 0 Å². The molecule has 0 aliphatic carbocycles. The zero-order valence-electron chi connectivity index (χ0n) is 17.2. The van der Waals surface area contributed by atoms with Gasteiger partial charge in [0.15, 0.2) is 0 Å². The molecule has 0 spiro atoms. The molecular formula is C22H21N3O6S. The van der Waals surface area contributed by atoms with Crippen LogP contribution in [-0.2, 0) is 14.8 Å². The molecular weight excluding hydrogens is 434 g/mol. The van der Waals surface area contributed by atoms with Crippen molar-refractivity contribution in [1.29, 1.82) is 0 Å². The van der Waals surface area contributed by atoms with Crippen LogP contribution >= 0.6 is 0 Å². The average Bonchev–Trinajstić information content (AvgIpc) is 2.79. The van der Waals surface area contributed by atoms with Gasteiger partial charge in [0.2, 0.25) is 5.91 Å². The van der Waals surface area contributed by atoms with E-state index in [1.54, 1.807) is 42.5 Å². The molecule has 3 rings (SSSR count). The summed E-state index contributed by atoms with van der Waals surface area (Å²) in [5, 5.41) is 13.8. The Bertz CT molecular complexity index is 1200. The molecule has 0 aliphatic rings. The minimum atomic E-state index is -4.17. The molecule has 3 aromatic rings. The van der Waals surface area contributed by atoms with Gasteiger partial charge in [-0.3, -0.25) is 19.2 Å². The minimum Gasteiger partial charge on any atom is -0.494 e. The third-order valence-corrected chi connectivity index (χ3v) is 6.18. The third-order valence-electron chi connectivity index (χ3n) is 4.40. The molecule has 32 heavy (non-hydrogen) atoms. The van der Waals surface area contributed by atoms with Gasteiger partial charge in [0.25, 0.3) is 15.7 Å². The Hall–Kier alpha value is -3.92. The summed E-state index contributed by atoms with van der Waals surface area (Å²) in [6.07, 6.45) is 0. The van der Waals surface area contributed by atoms with Gasteiger partial charge in [-0.1, -0.05) is 24.3 Å². The first kappa shape index (κ1) is 22.8. The van der Waals surface area contributed by atoms with Crippen molar-refractivity contribution in [3.63, 3.8) is 0 Å². The SMILES string of the molecule is CCOc1ccc(NC(=O)CN(c2cccc([N+](=O)[O-])c2)S(=O)(=O)c2ccccc2)cc1. The van der Waals surface area contributed by atoms with Gasteiger partial charge in [-0.15, -0.1) is 0 Å². The molecule has 0 saturated heterocycles. The van der Waals surface area contributed by atoms with Crippen LogP contribution in [0.4, 0.5) is 17.1 Å². The first-order chi connectivity index (χ1) is 15.3. The van der Waals surface area contributed by atoms with Crippen LogP contribution in [0.25, 0.3) is 0 Å². The predicted octanol–water partition coefficient (Wildman–Crippen LogP) is 3.83. The standard InChI is InChI=1S/C22H21N3O6S/c1-2-31-20-13-11-17(12-14-20)23-22(26)16-24(18-7-6-8-19(15-18)25(27)28)32(29,30)21-9-4-3-5-10-21/h3-15H,2,16H2,1H3,(H,23,26). The number of nitro groups is 1. The first-order valence-corrected chi connectivity index (χ1v) is 11.1. The first-order valence-electron chi connectivity index (χ1n) is 9.66. The third kappa shape index (κ3) is 5.41. The van der Waals surface area contributed by atoms with Crippen molar-refractivity contribution >= 4 is 33.0 Å². The summed E-state index contributed by atoms with van der Waals surface area (Å²) in [7, 11) is -4.17. The van der Waals surface area contributed by atoms with Crippen LogP contribution in [-0.4, -0.2) is 32.4 Å². The number of carbonyl (C=O) groups excluding carboxylic acids is 1. The van der Waals surface area contributed by atoms with Gasteiger partial charge in [-0.25, -0.2) is 8.42 Å². The van der Waals surface area contributed by atoms with Crippen LogP contribution in [0.3, 0.4) is 0 Å². The highest BCUT2D eigenvalue weighted by Gasteiger charge is 2.28. The quantitative estimate of drug-likeness (QED) is 0.387. The molecule has 1 N–H and O–H groups in total. The van der Waals surface area contributed by atoms with Crippen LogP contribution in [0.2, 0.25) is 0 Å². The van der Waals surface area contributed by atoms with Crippen LogP contribution in [0.15, 0.2) is 83.8 Å². The number of anilines is 2. The zero-order valence-corrected chi connectivity index (χ0v) is 18.0. The van der Waals surface area contributed by atoms with Gasteiger partial charge < -0.3 is 10.1 Å².